The van der Waals surface area contributed by atoms with Crippen LogP contribution in [-0.4, -0.2) is 37.0 Å². The molecule has 7 heteroatoms. The van der Waals surface area contributed by atoms with Crippen molar-refractivity contribution in [2.75, 3.05) is 5.73 Å². The fraction of sp³-hybridized carbons (Fsp3) is 0.643. The molecule has 1 aliphatic rings. The van der Waals surface area contributed by atoms with Crippen molar-refractivity contribution in [1.82, 2.24) is 19.6 Å². The molecule has 0 aromatic carbocycles. The normalized spacial score (nSPS) is 33.4. The Hall–Kier alpha value is -1.76. The fourth-order valence-electron chi connectivity index (χ4n) is 3.20. The van der Waals surface area contributed by atoms with Crippen molar-refractivity contribution in [2.24, 2.45) is 5.41 Å². The van der Waals surface area contributed by atoms with Gasteiger partial charge in [0.05, 0.1) is 18.0 Å². The maximum atomic E-state index is 14.7. The van der Waals surface area contributed by atoms with E-state index in [2.05, 4.69) is 15.1 Å². The predicted molar refractivity (Wildman–Crippen MR) is 76.5 cm³/mol. The number of anilines is 1. The quantitative estimate of drug-likeness (QED) is 0.879. The zero-order chi connectivity index (χ0) is 15.2. The number of aromatic nitrogens is 4. The Kier molecular flexibility index (Phi) is 3.32. The third-order valence-electron chi connectivity index (χ3n) is 4.97. The van der Waals surface area contributed by atoms with Crippen molar-refractivity contribution in [3.05, 3.63) is 18.2 Å². The Bertz CT molecular complexity index is 660. The second-order valence-corrected chi connectivity index (χ2v) is 6.11. The molecule has 0 amide bonds. The minimum absolute atomic E-state index is 0.265. The van der Waals surface area contributed by atoms with Gasteiger partial charge in [-0.15, -0.1) is 0 Å². The van der Waals surface area contributed by atoms with Crippen molar-refractivity contribution in [2.45, 2.75) is 51.3 Å². The third kappa shape index (κ3) is 2.07. The molecule has 0 spiro atoms. The van der Waals surface area contributed by atoms with E-state index in [-0.39, 0.29) is 11.2 Å². The van der Waals surface area contributed by atoms with Gasteiger partial charge in [-0.25, -0.2) is 18.9 Å². The zero-order valence-electron chi connectivity index (χ0n) is 12.2. The number of nitrogen functional groups attached to an aromatic ring is 1. The molecular formula is C14H20FN5O. The van der Waals surface area contributed by atoms with E-state index >= 15 is 0 Å². The number of hydrogen-bond donors (Lipinski definition) is 2. The molecule has 1 aliphatic carbocycles. The number of hydrogen-bond acceptors (Lipinski definition) is 5. The second-order valence-electron chi connectivity index (χ2n) is 6.11. The van der Waals surface area contributed by atoms with Crippen LogP contribution in [0.5, 0.6) is 0 Å². The number of halogens is 1. The van der Waals surface area contributed by atoms with Crippen molar-refractivity contribution in [3.8, 4) is 0 Å². The molecule has 21 heavy (non-hydrogen) atoms. The number of nitrogens with two attached hydrogens (primary N) is 1. The summed E-state index contributed by atoms with van der Waals surface area (Å²) in [4.78, 5) is 8.05. The molecule has 0 aliphatic heterocycles. The Morgan fingerprint density at radius 3 is 3.00 bits per heavy atom. The summed E-state index contributed by atoms with van der Waals surface area (Å²) in [6.45, 7) is 3.92. The molecule has 2 aromatic heterocycles. The Morgan fingerprint density at radius 2 is 2.29 bits per heavy atom. The summed E-state index contributed by atoms with van der Waals surface area (Å²) in [5.41, 5.74) is 6.45. The van der Waals surface area contributed by atoms with Gasteiger partial charge in [0, 0.05) is 5.92 Å². The number of fused-ring (bicyclic) bond motifs is 1. The highest BCUT2D eigenvalue weighted by Crippen LogP contribution is 2.46. The molecule has 0 saturated heterocycles. The van der Waals surface area contributed by atoms with Gasteiger partial charge in [-0.3, -0.25) is 0 Å². The summed E-state index contributed by atoms with van der Waals surface area (Å²) < 4.78 is 16.3. The topological polar surface area (TPSA) is 89.3 Å². The molecule has 0 unspecified atom stereocenters. The van der Waals surface area contributed by atoms with Gasteiger partial charge in [0.25, 0.3) is 0 Å². The molecule has 0 radical (unpaired) electrons. The van der Waals surface area contributed by atoms with Crippen LogP contribution >= 0.6 is 0 Å². The average Bonchev–Trinajstić information content (AvgIpc) is 2.90. The molecule has 3 N–H and O–H groups in total. The Balaban J connectivity index is 1.99. The van der Waals surface area contributed by atoms with Crippen LogP contribution < -0.4 is 5.73 Å². The van der Waals surface area contributed by atoms with Crippen molar-refractivity contribution in [3.63, 3.8) is 0 Å². The van der Waals surface area contributed by atoms with E-state index in [1.165, 1.54) is 10.8 Å². The van der Waals surface area contributed by atoms with E-state index in [0.29, 0.717) is 17.8 Å². The first-order valence-electron chi connectivity index (χ1n) is 7.24. The van der Waals surface area contributed by atoms with Crippen molar-refractivity contribution in [1.29, 1.82) is 0 Å². The van der Waals surface area contributed by atoms with Crippen LogP contribution in [0.4, 0.5) is 10.2 Å². The van der Waals surface area contributed by atoms with Gasteiger partial charge < -0.3 is 10.8 Å². The zero-order valence-corrected chi connectivity index (χ0v) is 12.2. The molecule has 1 saturated carbocycles. The van der Waals surface area contributed by atoms with Crippen LogP contribution in [0.2, 0.25) is 0 Å². The lowest BCUT2D eigenvalue weighted by molar-refractivity contribution is -0.0678. The molecule has 6 nitrogen and oxygen atoms in total. The monoisotopic (exact) mass is 293 g/mol. The van der Waals surface area contributed by atoms with Gasteiger partial charge >= 0.3 is 0 Å². The minimum atomic E-state index is -1.33. The summed E-state index contributed by atoms with van der Waals surface area (Å²) in [7, 11) is 0. The van der Waals surface area contributed by atoms with Gasteiger partial charge in [-0.2, -0.15) is 5.10 Å². The summed E-state index contributed by atoms with van der Waals surface area (Å²) in [5, 5.41) is 14.4. The summed E-state index contributed by atoms with van der Waals surface area (Å²) in [6, 6.07) is 0. The van der Waals surface area contributed by atoms with Gasteiger partial charge in [-0.1, -0.05) is 13.8 Å². The summed E-state index contributed by atoms with van der Waals surface area (Å²) in [6.07, 6.45) is 2.77. The average molecular weight is 293 g/mol. The number of aliphatic hydroxyl groups is 1. The van der Waals surface area contributed by atoms with Gasteiger partial charge in [0.2, 0.25) is 0 Å². The first kappa shape index (κ1) is 14.2. The SMILES string of the molecule is CC[C@]1(C)CC[C@@H](c2cnc3c(N)ncnn23)[C@H](F)[C@@H]1O. The second kappa shape index (κ2) is 4.91. The van der Waals surface area contributed by atoms with Crippen molar-refractivity contribution >= 4 is 11.5 Å². The Labute approximate surface area is 122 Å². The molecule has 2 heterocycles. The third-order valence-corrected chi connectivity index (χ3v) is 4.97. The van der Waals surface area contributed by atoms with Crippen LogP contribution in [0.25, 0.3) is 5.65 Å². The first-order chi connectivity index (χ1) is 9.98. The van der Waals surface area contributed by atoms with Gasteiger partial charge in [-0.05, 0) is 24.7 Å². The van der Waals surface area contributed by atoms with Crippen LogP contribution in [0.1, 0.15) is 44.7 Å². The van der Waals surface area contributed by atoms with E-state index in [1.54, 1.807) is 6.20 Å². The Morgan fingerprint density at radius 1 is 1.52 bits per heavy atom. The molecule has 3 rings (SSSR count). The molecule has 4 atom stereocenters. The summed E-state index contributed by atoms with van der Waals surface area (Å²) >= 11 is 0. The lowest BCUT2D eigenvalue weighted by Crippen LogP contribution is -2.46. The molecule has 114 valence electrons. The van der Waals surface area contributed by atoms with E-state index in [0.717, 1.165) is 12.8 Å². The number of nitrogens with zero attached hydrogens (tertiary/aromatic N) is 4. The van der Waals surface area contributed by atoms with Gasteiger partial charge in [0.15, 0.2) is 11.5 Å². The van der Waals surface area contributed by atoms with Crippen LogP contribution in [0.3, 0.4) is 0 Å². The van der Waals surface area contributed by atoms with E-state index < -0.39 is 18.2 Å². The minimum Gasteiger partial charge on any atom is -0.390 e. The molecular weight excluding hydrogens is 273 g/mol. The fourth-order valence-corrected chi connectivity index (χ4v) is 3.20. The first-order valence-corrected chi connectivity index (χ1v) is 7.24. The smallest absolute Gasteiger partial charge is 0.196 e. The lowest BCUT2D eigenvalue weighted by atomic mass is 9.66. The number of aliphatic hydroxyl groups excluding tert-OH is 1. The highest BCUT2D eigenvalue weighted by Gasteiger charge is 2.46. The summed E-state index contributed by atoms with van der Waals surface area (Å²) in [5.74, 6) is -0.162. The maximum Gasteiger partial charge on any atom is 0.196 e. The van der Waals surface area contributed by atoms with Gasteiger partial charge in [0.1, 0.15) is 12.5 Å². The van der Waals surface area contributed by atoms with E-state index in [9.17, 15) is 9.50 Å². The van der Waals surface area contributed by atoms with Crippen LogP contribution in [-0.2, 0) is 0 Å². The standard InChI is InChI=1S/C14H20FN5O/c1-3-14(2)5-4-8(10(15)11(14)21)9-6-17-13-12(16)18-7-19-20(9)13/h6-8,10-11,21H,3-5H2,1-2H3,(H2,16,18,19)/t8-,10-,11-,14+/m0/s1. The highest BCUT2D eigenvalue weighted by atomic mass is 19.1. The predicted octanol–water partition coefficient (Wildman–Crippen LogP) is 1.70. The number of imidazole rings is 1. The highest BCUT2D eigenvalue weighted by molar-refractivity contribution is 5.59. The largest absolute Gasteiger partial charge is 0.390 e. The van der Waals surface area contributed by atoms with Crippen LogP contribution in [0, 0.1) is 5.41 Å². The number of rotatable bonds is 2. The van der Waals surface area contributed by atoms with E-state index in [4.69, 9.17) is 5.73 Å². The lowest BCUT2D eigenvalue weighted by Gasteiger charge is -2.43. The number of alkyl halides is 1. The molecule has 2 aromatic rings. The van der Waals surface area contributed by atoms with E-state index in [1.807, 2.05) is 13.8 Å². The molecule has 1 fully saturated rings. The van der Waals surface area contributed by atoms with Crippen molar-refractivity contribution < 1.29 is 9.50 Å². The van der Waals surface area contributed by atoms with Crippen LogP contribution in [0.15, 0.2) is 12.5 Å². The maximum absolute atomic E-state index is 14.7. The molecule has 0 bridgehead atoms.